The van der Waals surface area contributed by atoms with Gasteiger partial charge in [-0.25, -0.2) is 21.6 Å². The van der Waals surface area contributed by atoms with Crippen LogP contribution < -0.4 is 9.44 Å². The van der Waals surface area contributed by atoms with E-state index < -0.39 is 25.3 Å². The monoisotopic (exact) mass is 292 g/mol. The highest BCUT2D eigenvalue weighted by molar-refractivity contribution is 7.93. The van der Waals surface area contributed by atoms with Gasteiger partial charge in [0.1, 0.15) is 0 Å². The third kappa shape index (κ3) is 3.44. The van der Waals surface area contributed by atoms with Crippen LogP contribution in [0.4, 0.5) is 5.69 Å². The minimum atomic E-state index is -3.58. The molecule has 1 aromatic carbocycles. The first kappa shape index (κ1) is 14.9. The van der Waals surface area contributed by atoms with Crippen LogP contribution in [-0.2, 0) is 20.0 Å². The largest absolute Gasteiger partial charge is 0.283 e. The molecular weight excluding hydrogens is 276 g/mol. The maximum atomic E-state index is 11.7. The van der Waals surface area contributed by atoms with E-state index in [1.54, 1.807) is 0 Å². The van der Waals surface area contributed by atoms with Crippen LogP contribution in [-0.4, -0.2) is 29.1 Å². The van der Waals surface area contributed by atoms with E-state index in [4.69, 9.17) is 0 Å². The Morgan fingerprint density at radius 2 is 1.72 bits per heavy atom. The number of benzene rings is 1. The summed E-state index contributed by atoms with van der Waals surface area (Å²) in [4.78, 5) is 0.00829. The zero-order chi connectivity index (χ0) is 14.0. The number of anilines is 1. The van der Waals surface area contributed by atoms with E-state index in [0.717, 1.165) is 0 Å². The smallest absolute Gasteiger partial charge is 0.240 e. The Morgan fingerprint density at radius 3 is 2.22 bits per heavy atom. The number of rotatable bonds is 5. The Balaban J connectivity index is 3.12. The van der Waals surface area contributed by atoms with Crippen LogP contribution in [0.1, 0.15) is 13.8 Å². The second-order valence-corrected chi connectivity index (χ2v) is 8.05. The minimum absolute atomic E-state index is 0.00829. The van der Waals surface area contributed by atoms with Crippen LogP contribution in [0.15, 0.2) is 29.2 Å². The first-order chi connectivity index (χ1) is 8.19. The second-order valence-electron chi connectivity index (χ2n) is 3.93. The lowest BCUT2D eigenvalue weighted by molar-refractivity contribution is 0.587. The summed E-state index contributed by atoms with van der Waals surface area (Å²) in [6.07, 6.45) is 0. The fourth-order valence-corrected chi connectivity index (χ4v) is 2.59. The van der Waals surface area contributed by atoms with Crippen molar-refractivity contribution < 1.29 is 16.8 Å². The van der Waals surface area contributed by atoms with Crippen LogP contribution in [0.2, 0.25) is 0 Å². The Morgan fingerprint density at radius 1 is 1.11 bits per heavy atom. The standard InChI is InChI=1S/C10H16N2O4S2/c1-8(2)17(13,14)12-9-5-4-6-10(7-9)18(15,16)11-3/h4-8,11-12H,1-3H3. The van der Waals surface area contributed by atoms with Gasteiger partial charge in [0.05, 0.1) is 10.1 Å². The molecule has 1 rings (SSSR count). The Kier molecular flexibility index (Phi) is 4.36. The van der Waals surface area contributed by atoms with Gasteiger partial charge in [0, 0.05) is 5.69 Å². The number of hydrogen-bond acceptors (Lipinski definition) is 4. The van der Waals surface area contributed by atoms with Gasteiger partial charge in [-0.2, -0.15) is 0 Å². The van der Waals surface area contributed by atoms with Crippen molar-refractivity contribution in [1.29, 1.82) is 0 Å². The molecule has 2 N–H and O–H groups in total. The number of hydrogen-bond donors (Lipinski definition) is 2. The molecule has 0 heterocycles. The SMILES string of the molecule is CNS(=O)(=O)c1cccc(NS(=O)(=O)C(C)C)c1. The maximum Gasteiger partial charge on any atom is 0.240 e. The summed E-state index contributed by atoms with van der Waals surface area (Å²) >= 11 is 0. The molecule has 0 aliphatic carbocycles. The molecule has 0 saturated heterocycles. The lowest BCUT2D eigenvalue weighted by Gasteiger charge is -2.11. The fraction of sp³-hybridized carbons (Fsp3) is 0.400. The average Bonchev–Trinajstić information content (AvgIpc) is 2.28. The summed E-state index contributed by atoms with van der Waals surface area (Å²) in [5.74, 6) is 0. The van der Waals surface area contributed by atoms with Gasteiger partial charge in [0.2, 0.25) is 20.0 Å². The van der Waals surface area contributed by atoms with Crippen molar-refractivity contribution in [1.82, 2.24) is 4.72 Å². The third-order valence-corrected chi connectivity index (χ3v) is 5.47. The molecule has 0 spiro atoms. The van der Waals surface area contributed by atoms with Gasteiger partial charge in [-0.1, -0.05) is 6.07 Å². The van der Waals surface area contributed by atoms with Crippen LogP contribution in [0, 0.1) is 0 Å². The molecule has 0 fully saturated rings. The topological polar surface area (TPSA) is 92.3 Å². The Bertz CT molecular complexity index is 621. The van der Waals surface area contributed by atoms with Crippen molar-refractivity contribution >= 4 is 25.7 Å². The zero-order valence-corrected chi connectivity index (χ0v) is 12.0. The molecular formula is C10H16N2O4S2. The maximum absolute atomic E-state index is 11.7. The number of nitrogens with one attached hydrogen (secondary N) is 2. The molecule has 6 nitrogen and oxygen atoms in total. The van der Waals surface area contributed by atoms with E-state index in [9.17, 15) is 16.8 Å². The Labute approximate surface area is 108 Å². The minimum Gasteiger partial charge on any atom is -0.283 e. The van der Waals surface area contributed by atoms with Crippen molar-refractivity contribution in [3.8, 4) is 0 Å². The zero-order valence-electron chi connectivity index (χ0n) is 10.3. The van der Waals surface area contributed by atoms with Gasteiger partial charge < -0.3 is 0 Å². The summed E-state index contributed by atoms with van der Waals surface area (Å²) in [6, 6.07) is 5.63. The van der Waals surface area contributed by atoms with Gasteiger partial charge in [-0.15, -0.1) is 0 Å². The van der Waals surface area contributed by atoms with Gasteiger partial charge >= 0.3 is 0 Å². The third-order valence-electron chi connectivity index (χ3n) is 2.29. The van der Waals surface area contributed by atoms with Crippen LogP contribution in [0.25, 0.3) is 0 Å². The van der Waals surface area contributed by atoms with Gasteiger partial charge in [0.15, 0.2) is 0 Å². The molecule has 0 atom stereocenters. The Hall–Kier alpha value is -1.12. The molecule has 0 aromatic heterocycles. The van der Waals surface area contributed by atoms with E-state index in [1.807, 2.05) is 0 Å². The lowest BCUT2D eigenvalue weighted by atomic mass is 10.3. The molecule has 18 heavy (non-hydrogen) atoms. The summed E-state index contributed by atoms with van der Waals surface area (Å²) in [7, 11) is -5.77. The second kappa shape index (κ2) is 5.25. The van der Waals surface area contributed by atoms with E-state index in [2.05, 4.69) is 9.44 Å². The first-order valence-corrected chi connectivity index (χ1v) is 8.27. The molecule has 0 aliphatic heterocycles. The highest BCUT2D eigenvalue weighted by Crippen LogP contribution is 2.17. The molecule has 1 aromatic rings. The quantitative estimate of drug-likeness (QED) is 0.837. The van der Waals surface area contributed by atoms with Crippen molar-refractivity contribution in [2.24, 2.45) is 0 Å². The predicted molar refractivity (Wildman–Crippen MR) is 70.4 cm³/mol. The van der Waals surface area contributed by atoms with E-state index in [1.165, 1.54) is 45.2 Å². The molecule has 0 bridgehead atoms. The van der Waals surface area contributed by atoms with Crippen LogP contribution in [0.5, 0.6) is 0 Å². The first-order valence-electron chi connectivity index (χ1n) is 5.24. The molecule has 0 amide bonds. The summed E-state index contributed by atoms with van der Waals surface area (Å²) < 4.78 is 50.9. The lowest BCUT2D eigenvalue weighted by Crippen LogP contribution is -2.23. The highest BCUT2D eigenvalue weighted by atomic mass is 32.2. The van der Waals surface area contributed by atoms with E-state index in [0.29, 0.717) is 0 Å². The molecule has 102 valence electrons. The number of sulfonamides is 2. The van der Waals surface area contributed by atoms with Crippen molar-refractivity contribution in [3.63, 3.8) is 0 Å². The van der Waals surface area contributed by atoms with Crippen LogP contribution >= 0.6 is 0 Å². The van der Waals surface area contributed by atoms with E-state index in [-0.39, 0.29) is 10.6 Å². The van der Waals surface area contributed by atoms with E-state index >= 15 is 0 Å². The van der Waals surface area contributed by atoms with Gasteiger partial charge in [-0.05, 0) is 39.1 Å². The molecule has 0 unspecified atom stereocenters. The van der Waals surface area contributed by atoms with Gasteiger partial charge in [0.25, 0.3) is 0 Å². The normalized spacial score (nSPS) is 12.7. The predicted octanol–water partition coefficient (Wildman–Crippen LogP) is 0.745. The van der Waals surface area contributed by atoms with Crippen molar-refractivity contribution in [2.45, 2.75) is 24.0 Å². The highest BCUT2D eigenvalue weighted by Gasteiger charge is 2.17. The summed E-state index contributed by atoms with van der Waals surface area (Å²) in [5, 5.41) is -0.595. The van der Waals surface area contributed by atoms with Crippen LogP contribution in [0.3, 0.4) is 0 Å². The summed E-state index contributed by atoms with van der Waals surface area (Å²) in [5.41, 5.74) is 0.222. The molecule has 0 saturated carbocycles. The average molecular weight is 292 g/mol. The molecule has 8 heteroatoms. The summed E-state index contributed by atoms with van der Waals surface area (Å²) in [6.45, 7) is 3.08. The van der Waals surface area contributed by atoms with Gasteiger partial charge in [-0.3, -0.25) is 4.72 Å². The fourth-order valence-electron chi connectivity index (χ4n) is 1.13. The van der Waals surface area contributed by atoms with Crippen molar-refractivity contribution in [2.75, 3.05) is 11.8 Å². The molecule has 0 aliphatic rings. The molecule has 0 radical (unpaired) electrons. The van der Waals surface area contributed by atoms with Crippen molar-refractivity contribution in [3.05, 3.63) is 24.3 Å².